The number of nitrogens with one attached hydrogen (secondary N) is 1. The molecule has 0 amide bonds. The van der Waals surface area contributed by atoms with Gasteiger partial charge in [0, 0.05) is 31.7 Å². The van der Waals surface area contributed by atoms with Crippen LogP contribution in [0.15, 0.2) is 36.7 Å². The summed E-state index contributed by atoms with van der Waals surface area (Å²) in [6.07, 6.45) is 7.41. The molecule has 0 fully saturated rings. The van der Waals surface area contributed by atoms with Crippen LogP contribution in [0.25, 0.3) is 0 Å². The van der Waals surface area contributed by atoms with Gasteiger partial charge in [-0.1, -0.05) is 12.1 Å². The van der Waals surface area contributed by atoms with Crippen LogP contribution in [0.4, 0.5) is 5.69 Å². The second-order valence-electron chi connectivity index (χ2n) is 5.18. The number of halogens is 1. The first-order chi connectivity index (χ1) is 9.42. The van der Waals surface area contributed by atoms with Crippen LogP contribution in [0.5, 0.6) is 0 Å². The van der Waals surface area contributed by atoms with E-state index in [0.29, 0.717) is 5.69 Å². The first kappa shape index (κ1) is 17.7. The van der Waals surface area contributed by atoms with Crippen molar-refractivity contribution in [2.24, 2.45) is 0 Å². The minimum atomic E-state index is -3.19. The molecule has 2 rings (SSSR count). The monoisotopic (exact) mass is 331 g/mol. The SMILES string of the molecule is CN1C=CN(CCCc2ccc(NS(C)(=O)=O)cc2)C1.Cl. The summed E-state index contributed by atoms with van der Waals surface area (Å²) in [6.45, 7) is 1.99. The van der Waals surface area contributed by atoms with Crippen molar-refractivity contribution in [2.75, 3.05) is 31.2 Å². The molecule has 0 atom stereocenters. The lowest BCUT2D eigenvalue weighted by molar-refractivity contribution is 0.294. The van der Waals surface area contributed by atoms with Crippen LogP contribution in [-0.4, -0.2) is 44.7 Å². The van der Waals surface area contributed by atoms with Crippen molar-refractivity contribution in [1.29, 1.82) is 0 Å². The van der Waals surface area contributed by atoms with Gasteiger partial charge in [-0.05, 0) is 30.5 Å². The second kappa shape index (κ2) is 7.56. The van der Waals surface area contributed by atoms with Gasteiger partial charge in [-0.3, -0.25) is 4.72 Å². The lowest BCUT2D eigenvalue weighted by Crippen LogP contribution is -2.23. The van der Waals surface area contributed by atoms with Crippen molar-refractivity contribution in [3.05, 3.63) is 42.2 Å². The molecule has 1 aromatic rings. The van der Waals surface area contributed by atoms with Gasteiger partial charge in [-0.15, -0.1) is 12.4 Å². The Morgan fingerprint density at radius 1 is 1.19 bits per heavy atom. The number of nitrogens with zero attached hydrogens (tertiary/aromatic N) is 2. The summed E-state index contributed by atoms with van der Waals surface area (Å²) < 4.78 is 24.7. The maximum absolute atomic E-state index is 11.1. The summed E-state index contributed by atoms with van der Waals surface area (Å²) in [5, 5.41) is 0. The molecular weight excluding hydrogens is 310 g/mol. The van der Waals surface area contributed by atoms with Crippen LogP contribution in [0.1, 0.15) is 12.0 Å². The summed E-state index contributed by atoms with van der Waals surface area (Å²) in [4.78, 5) is 4.42. The van der Waals surface area contributed by atoms with Crippen LogP contribution < -0.4 is 4.72 Å². The van der Waals surface area contributed by atoms with Crippen LogP contribution in [0, 0.1) is 0 Å². The van der Waals surface area contributed by atoms with Gasteiger partial charge >= 0.3 is 0 Å². The van der Waals surface area contributed by atoms with E-state index in [0.717, 1.165) is 32.3 Å². The van der Waals surface area contributed by atoms with E-state index in [-0.39, 0.29) is 12.4 Å². The van der Waals surface area contributed by atoms with Crippen LogP contribution in [-0.2, 0) is 16.4 Å². The van der Waals surface area contributed by atoms with Crippen molar-refractivity contribution >= 4 is 28.1 Å². The summed E-state index contributed by atoms with van der Waals surface area (Å²) in [5.74, 6) is 0. The predicted octanol–water partition coefficient (Wildman–Crippen LogP) is 2.09. The predicted molar refractivity (Wildman–Crippen MR) is 89.0 cm³/mol. The number of hydrogen-bond acceptors (Lipinski definition) is 4. The molecule has 0 aliphatic carbocycles. The van der Waals surface area contributed by atoms with E-state index >= 15 is 0 Å². The molecule has 1 N–H and O–H groups in total. The minimum absolute atomic E-state index is 0. The van der Waals surface area contributed by atoms with Crippen LogP contribution >= 0.6 is 12.4 Å². The molecule has 7 heteroatoms. The van der Waals surface area contributed by atoms with Gasteiger partial charge in [-0.25, -0.2) is 8.42 Å². The Morgan fingerprint density at radius 2 is 1.86 bits per heavy atom. The van der Waals surface area contributed by atoms with E-state index in [1.54, 1.807) is 12.1 Å². The fourth-order valence-electron chi connectivity index (χ4n) is 2.17. The highest BCUT2D eigenvalue weighted by atomic mass is 35.5. The molecule has 0 saturated heterocycles. The fourth-order valence-corrected chi connectivity index (χ4v) is 2.74. The average Bonchev–Trinajstić information content (AvgIpc) is 2.75. The smallest absolute Gasteiger partial charge is 0.229 e. The number of sulfonamides is 1. The van der Waals surface area contributed by atoms with Crippen LogP contribution in [0.2, 0.25) is 0 Å². The molecule has 0 bridgehead atoms. The molecule has 0 spiro atoms. The third-order valence-electron chi connectivity index (χ3n) is 3.10. The molecule has 5 nitrogen and oxygen atoms in total. The van der Waals surface area contributed by atoms with Gasteiger partial charge < -0.3 is 9.80 Å². The van der Waals surface area contributed by atoms with Crippen molar-refractivity contribution in [1.82, 2.24) is 9.80 Å². The Balaban J connectivity index is 0.00000220. The molecule has 1 aromatic carbocycles. The summed E-state index contributed by atoms with van der Waals surface area (Å²) >= 11 is 0. The topological polar surface area (TPSA) is 52.6 Å². The fraction of sp³-hybridized carbons (Fsp3) is 0.429. The summed E-state index contributed by atoms with van der Waals surface area (Å²) in [5.41, 5.74) is 1.83. The quantitative estimate of drug-likeness (QED) is 0.867. The van der Waals surface area contributed by atoms with Gasteiger partial charge in [0.05, 0.1) is 12.9 Å². The second-order valence-corrected chi connectivity index (χ2v) is 6.93. The standard InChI is InChI=1S/C14H21N3O2S.ClH/c1-16-10-11-17(12-16)9-3-4-13-5-7-14(8-6-13)15-20(2,18)19;/h5-8,10-11,15H,3-4,9,12H2,1-2H3;1H. The highest BCUT2D eigenvalue weighted by molar-refractivity contribution is 7.92. The Kier molecular flexibility index (Phi) is 6.36. The minimum Gasteiger partial charge on any atom is -0.362 e. The molecule has 1 aliphatic rings. The molecule has 0 radical (unpaired) electrons. The lowest BCUT2D eigenvalue weighted by atomic mass is 10.1. The molecule has 0 aromatic heterocycles. The lowest BCUT2D eigenvalue weighted by Gasteiger charge is -2.17. The normalized spacial score (nSPS) is 14.2. The molecule has 21 heavy (non-hydrogen) atoms. The zero-order chi connectivity index (χ0) is 14.6. The average molecular weight is 332 g/mol. The van der Waals surface area contributed by atoms with Crippen molar-refractivity contribution < 1.29 is 8.42 Å². The number of anilines is 1. The summed E-state index contributed by atoms with van der Waals surface area (Å²) in [6, 6.07) is 7.55. The molecular formula is C14H22ClN3O2S. The maximum Gasteiger partial charge on any atom is 0.229 e. The van der Waals surface area contributed by atoms with E-state index in [1.807, 2.05) is 12.1 Å². The largest absolute Gasteiger partial charge is 0.362 e. The Hall–Kier alpha value is -1.40. The Morgan fingerprint density at radius 3 is 2.38 bits per heavy atom. The molecule has 1 heterocycles. The first-order valence-electron chi connectivity index (χ1n) is 6.62. The number of rotatable bonds is 6. The molecule has 1 aliphatic heterocycles. The van der Waals surface area contributed by atoms with Gasteiger partial charge in [0.25, 0.3) is 0 Å². The highest BCUT2D eigenvalue weighted by Crippen LogP contribution is 2.13. The molecule has 118 valence electrons. The number of aryl methyl sites for hydroxylation is 1. The number of hydrogen-bond donors (Lipinski definition) is 1. The van der Waals surface area contributed by atoms with E-state index in [1.165, 1.54) is 5.56 Å². The van der Waals surface area contributed by atoms with Gasteiger partial charge in [0.2, 0.25) is 10.0 Å². The van der Waals surface area contributed by atoms with E-state index < -0.39 is 10.0 Å². The Labute approximate surface area is 133 Å². The summed E-state index contributed by atoms with van der Waals surface area (Å²) in [7, 11) is -1.13. The van der Waals surface area contributed by atoms with Gasteiger partial charge in [-0.2, -0.15) is 0 Å². The van der Waals surface area contributed by atoms with Crippen molar-refractivity contribution in [2.45, 2.75) is 12.8 Å². The van der Waals surface area contributed by atoms with Crippen LogP contribution in [0.3, 0.4) is 0 Å². The molecule has 0 unspecified atom stereocenters. The van der Waals surface area contributed by atoms with E-state index in [2.05, 4.69) is 34.0 Å². The Bertz CT molecular complexity index is 572. The molecule has 0 saturated carbocycles. The van der Waals surface area contributed by atoms with Gasteiger partial charge in [0.1, 0.15) is 0 Å². The van der Waals surface area contributed by atoms with Crippen molar-refractivity contribution in [3.63, 3.8) is 0 Å². The zero-order valence-corrected chi connectivity index (χ0v) is 14.0. The van der Waals surface area contributed by atoms with Gasteiger partial charge in [0.15, 0.2) is 0 Å². The van der Waals surface area contributed by atoms with E-state index in [9.17, 15) is 8.42 Å². The third-order valence-corrected chi connectivity index (χ3v) is 3.71. The van der Waals surface area contributed by atoms with E-state index in [4.69, 9.17) is 0 Å². The third kappa shape index (κ3) is 6.27. The maximum atomic E-state index is 11.1. The first-order valence-corrected chi connectivity index (χ1v) is 8.51. The number of benzene rings is 1. The van der Waals surface area contributed by atoms with Crippen molar-refractivity contribution in [3.8, 4) is 0 Å². The highest BCUT2D eigenvalue weighted by Gasteiger charge is 2.07. The zero-order valence-electron chi connectivity index (χ0n) is 12.3.